The Morgan fingerprint density at radius 3 is 2.72 bits per heavy atom. The smallest absolute Gasteiger partial charge is 0.272 e. The normalized spacial score (nSPS) is 11.9. The van der Waals surface area contributed by atoms with Gasteiger partial charge < -0.3 is 10.6 Å². The molecule has 0 fully saturated rings. The minimum Gasteiger partial charge on any atom is -0.393 e. The number of carbonyl (C=O) groups is 1. The van der Waals surface area contributed by atoms with Gasteiger partial charge in [0, 0.05) is 24.7 Å². The molecule has 0 spiro atoms. The highest BCUT2D eigenvalue weighted by molar-refractivity contribution is 7.80. The van der Waals surface area contributed by atoms with Crippen LogP contribution in [0.3, 0.4) is 0 Å². The number of aryl methyl sites for hydroxylation is 1. The van der Waals surface area contributed by atoms with E-state index in [-0.39, 0.29) is 11.8 Å². The van der Waals surface area contributed by atoms with Crippen LogP contribution in [0.2, 0.25) is 0 Å². The summed E-state index contributed by atoms with van der Waals surface area (Å²) in [5.41, 5.74) is 6.88. The maximum atomic E-state index is 12.3. The van der Waals surface area contributed by atoms with Crippen molar-refractivity contribution in [3.8, 4) is 0 Å². The number of hydrogen-bond acceptors (Lipinski definition) is 3. The van der Waals surface area contributed by atoms with Crippen molar-refractivity contribution in [2.75, 3.05) is 13.1 Å². The first-order valence-corrected chi connectivity index (χ1v) is 6.38. The van der Waals surface area contributed by atoms with Crippen LogP contribution in [0, 0.1) is 12.8 Å². The summed E-state index contributed by atoms with van der Waals surface area (Å²) in [6.07, 6.45) is 0. The molecule has 1 aromatic heterocycles. The number of rotatable bonds is 5. The average Bonchev–Trinajstić information content (AvgIpc) is 2.34. The Bertz CT molecular complexity index is 448. The molecule has 0 saturated carbocycles. The second-order valence-electron chi connectivity index (χ2n) is 4.31. The first-order chi connectivity index (χ1) is 8.45. The summed E-state index contributed by atoms with van der Waals surface area (Å²) in [6, 6.07) is 5.43. The molecule has 1 rings (SSSR count). The number of amides is 1. The first-order valence-electron chi connectivity index (χ1n) is 5.98. The summed E-state index contributed by atoms with van der Waals surface area (Å²) >= 11 is 4.93. The molecule has 1 heterocycles. The van der Waals surface area contributed by atoms with Crippen molar-refractivity contribution in [1.29, 1.82) is 0 Å². The standard InChI is InChI=1S/C13H19N3OS/c1-4-16(8-9(2)12(14)18)13(17)11-7-5-6-10(3)15-11/h5-7,9H,4,8H2,1-3H3,(H2,14,18). The fourth-order valence-corrected chi connectivity index (χ4v) is 1.67. The zero-order valence-electron chi connectivity index (χ0n) is 11.0. The predicted molar refractivity (Wildman–Crippen MR) is 76.5 cm³/mol. The summed E-state index contributed by atoms with van der Waals surface area (Å²) in [7, 11) is 0. The molecule has 0 aliphatic heterocycles. The highest BCUT2D eigenvalue weighted by Crippen LogP contribution is 2.07. The lowest BCUT2D eigenvalue weighted by Crippen LogP contribution is -2.38. The van der Waals surface area contributed by atoms with E-state index in [2.05, 4.69) is 4.98 Å². The van der Waals surface area contributed by atoms with Crippen LogP contribution in [0.5, 0.6) is 0 Å². The molecule has 4 nitrogen and oxygen atoms in total. The minimum absolute atomic E-state index is 0.00806. The van der Waals surface area contributed by atoms with E-state index in [9.17, 15) is 4.79 Å². The van der Waals surface area contributed by atoms with Gasteiger partial charge in [0.15, 0.2) is 0 Å². The highest BCUT2D eigenvalue weighted by Gasteiger charge is 2.18. The number of nitrogens with two attached hydrogens (primary N) is 1. The van der Waals surface area contributed by atoms with E-state index in [1.54, 1.807) is 11.0 Å². The largest absolute Gasteiger partial charge is 0.393 e. The number of aromatic nitrogens is 1. The van der Waals surface area contributed by atoms with E-state index in [4.69, 9.17) is 18.0 Å². The molecule has 0 bridgehead atoms. The Labute approximate surface area is 113 Å². The lowest BCUT2D eigenvalue weighted by Gasteiger charge is -2.23. The van der Waals surface area contributed by atoms with E-state index < -0.39 is 0 Å². The van der Waals surface area contributed by atoms with Crippen LogP contribution < -0.4 is 5.73 Å². The SMILES string of the molecule is CCN(CC(C)C(N)=S)C(=O)c1cccc(C)n1. The fraction of sp³-hybridized carbons (Fsp3) is 0.462. The molecule has 1 unspecified atom stereocenters. The molecule has 1 amide bonds. The molecule has 0 saturated heterocycles. The van der Waals surface area contributed by atoms with Gasteiger partial charge in [-0.3, -0.25) is 4.79 Å². The van der Waals surface area contributed by atoms with Crippen LogP contribution in [0.4, 0.5) is 0 Å². The molecule has 0 aromatic carbocycles. The summed E-state index contributed by atoms with van der Waals surface area (Å²) < 4.78 is 0. The topological polar surface area (TPSA) is 59.2 Å². The second-order valence-corrected chi connectivity index (χ2v) is 4.78. The van der Waals surface area contributed by atoms with Gasteiger partial charge >= 0.3 is 0 Å². The van der Waals surface area contributed by atoms with Gasteiger partial charge in [-0.15, -0.1) is 0 Å². The van der Waals surface area contributed by atoms with Gasteiger partial charge in [0.2, 0.25) is 0 Å². The molecule has 2 N–H and O–H groups in total. The maximum Gasteiger partial charge on any atom is 0.272 e. The molecule has 1 aromatic rings. The Balaban J connectivity index is 2.82. The van der Waals surface area contributed by atoms with Crippen LogP contribution in [0.1, 0.15) is 30.0 Å². The van der Waals surface area contributed by atoms with Crippen LogP contribution in [0.25, 0.3) is 0 Å². The Morgan fingerprint density at radius 1 is 1.56 bits per heavy atom. The minimum atomic E-state index is -0.0794. The van der Waals surface area contributed by atoms with Crippen molar-refractivity contribution in [2.24, 2.45) is 11.7 Å². The Hall–Kier alpha value is -1.49. The number of thiocarbonyl (C=S) groups is 1. The van der Waals surface area contributed by atoms with E-state index in [0.717, 1.165) is 5.69 Å². The van der Waals surface area contributed by atoms with Gasteiger partial charge in [-0.2, -0.15) is 0 Å². The zero-order valence-corrected chi connectivity index (χ0v) is 11.8. The monoisotopic (exact) mass is 265 g/mol. The third-order valence-electron chi connectivity index (χ3n) is 2.76. The third-order valence-corrected chi connectivity index (χ3v) is 3.16. The quantitative estimate of drug-likeness (QED) is 0.824. The summed E-state index contributed by atoms with van der Waals surface area (Å²) in [6.45, 7) is 6.86. The maximum absolute atomic E-state index is 12.3. The molecule has 0 radical (unpaired) electrons. The molecule has 1 atom stereocenters. The van der Waals surface area contributed by atoms with Crippen molar-refractivity contribution in [1.82, 2.24) is 9.88 Å². The van der Waals surface area contributed by atoms with Crippen molar-refractivity contribution < 1.29 is 4.79 Å². The molecule has 0 aliphatic carbocycles. The van der Waals surface area contributed by atoms with Crippen molar-refractivity contribution >= 4 is 23.1 Å². The van der Waals surface area contributed by atoms with Crippen LogP contribution in [-0.2, 0) is 0 Å². The summed E-state index contributed by atoms with van der Waals surface area (Å²) in [5.74, 6) is -0.0713. The molecule has 98 valence electrons. The van der Waals surface area contributed by atoms with Crippen LogP contribution in [-0.4, -0.2) is 33.9 Å². The average molecular weight is 265 g/mol. The summed E-state index contributed by atoms with van der Waals surface area (Å²) in [4.78, 5) is 18.6. The fourth-order valence-electron chi connectivity index (χ4n) is 1.60. The third kappa shape index (κ3) is 3.77. The molecular weight excluding hydrogens is 246 g/mol. The second kappa shape index (κ2) is 6.44. The molecule has 5 heteroatoms. The Kier molecular flexibility index (Phi) is 5.22. The van der Waals surface area contributed by atoms with Crippen LogP contribution >= 0.6 is 12.2 Å². The van der Waals surface area contributed by atoms with E-state index >= 15 is 0 Å². The highest BCUT2D eigenvalue weighted by atomic mass is 32.1. The van der Waals surface area contributed by atoms with Crippen molar-refractivity contribution in [2.45, 2.75) is 20.8 Å². The number of pyridine rings is 1. The van der Waals surface area contributed by atoms with E-state index in [1.807, 2.05) is 32.9 Å². The van der Waals surface area contributed by atoms with Gasteiger partial charge in [0.25, 0.3) is 5.91 Å². The Morgan fingerprint density at radius 2 is 2.22 bits per heavy atom. The molecule has 0 aliphatic rings. The van der Waals surface area contributed by atoms with E-state index in [1.165, 1.54) is 0 Å². The van der Waals surface area contributed by atoms with Gasteiger partial charge in [0.05, 0.1) is 4.99 Å². The van der Waals surface area contributed by atoms with Crippen molar-refractivity contribution in [3.63, 3.8) is 0 Å². The van der Waals surface area contributed by atoms with Gasteiger partial charge in [-0.1, -0.05) is 25.2 Å². The zero-order chi connectivity index (χ0) is 13.7. The van der Waals surface area contributed by atoms with Gasteiger partial charge in [-0.25, -0.2) is 4.98 Å². The molecular formula is C13H19N3OS. The van der Waals surface area contributed by atoms with Crippen LogP contribution in [0.15, 0.2) is 18.2 Å². The first kappa shape index (κ1) is 14.6. The van der Waals surface area contributed by atoms with Gasteiger partial charge in [0.1, 0.15) is 5.69 Å². The lowest BCUT2D eigenvalue weighted by molar-refractivity contribution is 0.0749. The van der Waals surface area contributed by atoms with Crippen molar-refractivity contribution in [3.05, 3.63) is 29.6 Å². The summed E-state index contributed by atoms with van der Waals surface area (Å²) in [5, 5.41) is 0. The number of carbonyl (C=O) groups excluding carboxylic acids is 1. The predicted octanol–water partition coefficient (Wildman–Crippen LogP) is 1.77. The lowest BCUT2D eigenvalue weighted by atomic mass is 10.1. The number of nitrogens with zero attached hydrogens (tertiary/aromatic N) is 2. The van der Waals surface area contributed by atoms with E-state index in [0.29, 0.717) is 23.8 Å². The molecule has 18 heavy (non-hydrogen) atoms. The number of hydrogen-bond donors (Lipinski definition) is 1. The van der Waals surface area contributed by atoms with Gasteiger partial charge in [-0.05, 0) is 26.0 Å².